The maximum Gasteiger partial charge on any atom is 0.374 e. The Kier molecular flexibility index (Phi) is 2.54. The second-order valence-corrected chi connectivity index (χ2v) is 3.32. The molecule has 0 unspecified atom stereocenters. The first-order chi connectivity index (χ1) is 7.58. The van der Waals surface area contributed by atoms with Crippen LogP contribution in [-0.4, -0.2) is 21.2 Å². The summed E-state index contributed by atoms with van der Waals surface area (Å²) in [5.74, 6) is -1.61. The lowest BCUT2D eigenvalue weighted by Gasteiger charge is -1.98. The summed E-state index contributed by atoms with van der Waals surface area (Å²) in [4.78, 5) is 14.6. The second kappa shape index (κ2) is 3.86. The van der Waals surface area contributed by atoms with Crippen molar-refractivity contribution in [3.63, 3.8) is 0 Å². The predicted octanol–water partition coefficient (Wildman–Crippen LogP) is 2.40. The van der Waals surface area contributed by atoms with Gasteiger partial charge in [0.05, 0.1) is 0 Å². The minimum absolute atomic E-state index is 0.00737. The van der Waals surface area contributed by atoms with E-state index in [-0.39, 0.29) is 22.6 Å². The van der Waals surface area contributed by atoms with Crippen molar-refractivity contribution in [2.45, 2.75) is 0 Å². The molecule has 1 aromatic carbocycles. The minimum atomic E-state index is -1.27. The fraction of sp³-hybridized carbons (Fsp3) is 0. The van der Waals surface area contributed by atoms with Gasteiger partial charge in [-0.05, 0) is 23.7 Å². The van der Waals surface area contributed by atoms with Crippen LogP contribution in [0.2, 0.25) is 5.35 Å². The van der Waals surface area contributed by atoms with Gasteiger partial charge < -0.3 is 14.6 Å². The molecule has 0 aliphatic carbocycles. The van der Waals surface area contributed by atoms with Crippen LogP contribution in [0.4, 0.5) is 0 Å². The molecule has 2 aromatic rings. The summed E-state index contributed by atoms with van der Waals surface area (Å²) in [6.45, 7) is 0. The predicted molar refractivity (Wildman–Crippen MR) is 55.6 cm³/mol. The van der Waals surface area contributed by atoms with Crippen LogP contribution >= 0.6 is 11.6 Å². The summed E-state index contributed by atoms with van der Waals surface area (Å²) >= 11 is 5.50. The Morgan fingerprint density at radius 1 is 1.44 bits per heavy atom. The van der Waals surface area contributed by atoms with Gasteiger partial charge in [-0.2, -0.15) is 4.98 Å². The van der Waals surface area contributed by atoms with E-state index in [0.29, 0.717) is 5.56 Å². The number of hydrogen-bond donors (Lipinski definition) is 2. The number of phenols is 1. The van der Waals surface area contributed by atoms with Crippen molar-refractivity contribution >= 4 is 17.6 Å². The third-order valence-corrected chi connectivity index (χ3v) is 2.08. The summed E-state index contributed by atoms with van der Waals surface area (Å²) in [6, 6.07) is 6.01. The third kappa shape index (κ3) is 1.85. The Balaban J connectivity index is 2.59. The first-order valence-corrected chi connectivity index (χ1v) is 4.65. The SMILES string of the molecule is O=C(O)c1oc(Cl)nc1-c1cccc(O)c1. The normalized spacial score (nSPS) is 10.3. The standard InChI is InChI=1S/C10H6ClNO4/c11-10-12-7(8(16-10)9(14)15)5-2-1-3-6(13)4-5/h1-4,13H,(H,14,15). The van der Waals surface area contributed by atoms with Gasteiger partial charge in [-0.15, -0.1) is 0 Å². The van der Waals surface area contributed by atoms with Gasteiger partial charge in [0.1, 0.15) is 11.4 Å². The molecule has 0 bridgehead atoms. The average Bonchev–Trinajstić information content (AvgIpc) is 2.60. The molecule has 0 radical (unpaired) electrons. The number of nitrogens with zero attached hydrogens (tertiary/aromatic N) is 1. The first-order valence-electron chi connectivity index (χ1n) is 4.27. The van der Waals surface area contributed by atoms with Crippen molar-refractivity contribution in [3.05, 3.63) is 35.4 Å². The van der Waals surface area contributed by atoms with Gasteiger partial charge in [0, 0.05) is 5.56 Å². The molecular formula is C10H6ClNO4. The maximum absolute atomic E-state index is 10.8. The van der Waals surface area contributed by atoms with E-state index >= 15 is 0 Å². The molecule has 1 heterocycles. The Bertz CT molecular complexity index is 550. The van der Waals surface area contributed by atoms with Crippen LogP contribution in [0.1, 0.15) is 10.6 Å². The molecule has 6 heteroatoms. The number of rotatable bonds is 2. The highest BCUT2D eigenvalue weighted by atomic mass is 35.5. The topological polar surface area (TPSA) is 83.6 Å². The van der Waals surface area contributed by atoms with Gasteiger partial charge in [0.25, 0.3) is 5.35 Å². The van der Waals surface area contributed by atoms with Crippen LogP contribution in [0, 0.1) is 0 Å². The quantitative estimate of drug-likeness (QED) is 0.841. The first kappa shape index (κ1) is 10.5. The van der Waals surface area contributed by atoms with Crippen molar-refractivity contribution in [2.24, 2.45) is 0 Å². The Morgan fingerprint density at radius 2 is 2.19 bits per heavy atom. The van der Waals surface area contributed by atoms with Crippen molar-refractivity contribution in [1.29, 1.82) is 0 Å². The number of aromatic nitrogens is 1. The number of oxazole rings is 1. The molecule has 16 heavy (non-hydrogen) atoms. The zero-order chi connectivity index (χ0) is 11.7. The molecule has 5 nitrogen and oxygen atoms in total. The number of aromatic carboxylic acids is 1. The monoisotopic (exact) mass is 239 g/mol. The summed E-state index contributed by atoms with van der Waals surface area (Å²) < 4.78 is 4.74. The van der Waals surface area contributed by atoms with E-state index in [9.17, 15) is 9.90 Å². The smallest absolute Gasteiger partial charge is 0.374 e. The van der Waals surface area contributed by atoms with Gasteiger partial charge >= 0.3 is 5.97 Å². The zero-order valence-corrected chi connectivity index (χ0v) is 8.60. The van der Waals surface area contributed by atoms with Gasteiger partial charge in [-0.1, -0.05) is 12.1 Å². The van der Waals surface area contributed by atoms with Gasteiger partial charge in [0.2, 0.25) is 5.76 Å². The summed E-state index contributed by atoms with van der Waals surface area (Å²) in [5, 5.41) is 17.9. The van der Waals surface area contributed by atoms with Gasteiger partial charge in [-0.25, -0.2) is 4.79 Å². The van der Waals surface area contributed by atoms with E-state index < -0.39 is 5.97 Å². The molecule has 2 N–H and O–H groups in total. The van der Waals surface area contributed by atoms with E-state index in [1.165, 1.54) is 12.1 Å². The van der Waals surface area contributed by atoms with E-state index in [1.807, 2.05) is 0 Å². The third-order valence-electron chi connectivity index (χ3n) is 1.91. The van der Waals surface area contributed by atoms with Crippen molar-refractivity contribution in [1.82, 2.24) is 4.98 Å². The van der Waals surface area contributed by atoms with Crippen molar-refractivity contribution in [3.8, 4) is 17.0 Å². The molecule has 0 aliphatic rings. The van der Waals surface area contributed by atoms with E-state index in [0.717, 1.165) is 0 Å². The minimum Gasteiger partial charge on any atom is -0.508 e. The summed E-state index contributed by atoms with van der Waals surface area (Å²) in [6.07, 6.45) is 0. The lowest BCUT2D eigenvalue weighted by atomic mass is 10.1. The van der Waals surface area contributed by atoms with E-state index in [4.69, 9.17) is 21.1 Å². The van der Waals surface area contributed by atoms with Crippen molar-refractivity contribution in [2.75, 3.05) is 0 Å². The van der Waals surface area contributed by atoms with Crippen LogP contribution in [0.15, 0.2) is 28.7 Å². The summed E-state index contributed by atoms with van der Waals surface area (Å²) in [7, 11) is 0. The van der Waals surface area contributed by atoms with E-state index in [1.54, 1.807) is 12.1 Å². The molecule has 0 amide bonds. The van der Waals surface area contributed by atoms with Crippen LogP contribution in [-0.2, 0) is 0 Å². The van der Waals surface area contributed by atoms with Crippen molar-refractivity contribution < 1.29 is 19.4 Å². The molecule has 0 fully saturated rings. The second-order valence-electron chi connectivity index (χ2n) is 3.00. The number of phenolic OH excluding ortho intramolecular Hbond substituents is 1. The lowest BCUT2D eigenvalue weighted by molar-refractivity contribution is 0.0663. The molecule has 0 aliphatic heterocycles. The number of carbonyl (C=O) groups is 1. The van der Waals surface area contributed by atoms with Crippen LogP contribution in [0.3, 0.4) is 0 Å². The highest BCUT2D eigenvalue weighted by Crippen LogP contribution is 2.28. The number of aromatic hydroxyl groups is 1. The molecule has 82 valence electrons. The van der Waals surface area contributed by atoms with Crippen LogP contribution in [0.5, 0.6) is 5.75 Å². The van der Waals surface area contributed by atoms with Gasteiger partial charge in [0.15, 0.2) is 0 Å². The van der Waals surface area contributed by atoms with Gasteiger partial charge in [-0.3, -0.25) is 0 Å². The zero-order valence-electron chi connectivity index (χ0n) is 7.85. The average molecular weight is 240 g/mol. The lowest BCUT2D eigenvalue weighted by Crippen LogP contribution is -1.96. The number of hydrogen-bond acceptors (Lipinski definition) is 4. The number of carboxylic acids is 1. The number of benzene rings is 1. The molecular weight excluding hydrogens is 234 g/mol. The maximum atomic E-state index is 10.8. The molecule has 0 saturated carbocycles. The molecule has 0 spiro atoms. The largest absolute Gasteiger partial charge is 0.508 e. The Hall–Kier alpha value is -2.01. The fourth-order valence-corrected chi connectivity index (χ4v) is 1.45. The van der Waals surface area contributed by atoms with Crippen LogP contribution < -0.4 is 0 Å². The molecule has 0 atom stereocenters. The highest BCUT2D eigenvalue weighted by Gasteiger charge is 2.20. The highest BCUT2D eigenvalue weighted by molar-refractivity contribution is 6.28. The summed E-state index contributed by atoms with van der Waals surface area (Å²) in [5.41, 5.74) is 0.515. The molecule has 1 aromatic heterocycles. The van der Waals surface area contributed by atoms with Crippen LogP contribution in [0.25, 0.3) is 11.3 Å². The number of carboxylic acid groups (broad SMARTS) is 1. The Morgan fingerprint density at radius 3 is 2.81 bits per heavy atom. The van der Waals surface area contributed by atoms with E-state index in [2.05, 4.69) is 4.98 Å². The molecule has 0 saturated heterocycles. The number of halogens is 1. The Labute approximate surface area is 94.9 Å². The molecule has 2 rings (SSSR count). The fourth-order valence-electron chi connectivity index (χ4n) is 1.29.